The summed E-state index contributed by atoms with van der Waals surface area (Å²) in [4.78, 5) is 3.00. The summed E-state index contributed by atoms with van der Waals surface area (Å²) in [5.41, 5.74) is 1.32. The Morgan fingerprint density at radius 2 is 1.74 bits per heavy atom. The van der Waals surface area contributed by atoms with Crippen molar-refractivity contribution in [1.29, 1.82) is 0 Å². The van der Waals surface area contributed by atoms with Crippen LogP contribution in [0, 0.1) is 5.92 Å². The molecule has 142 valence electrons. The number of fused-ring (bicyclic) bond motifs is 3. The number of sulfonamides is 1. The van der Waals surface area contributed by atoms with Gasteiger partial charge in [-0.25, -0.2) is 8.42 Å². The summed E-state index contributed by atoms with van der Waals surface area (Å²) >= 11 is 5.50. The Morgan fingerprint density at radius 1 is 1.00 bits per heavy atom. The highest BCUT2D eigenvalue weighted by atomic mass is 79.9. The number of nitrogens with zero attached hydrogens (tertiary/aromatic N) is 2. The predicted molar refractivity (Wildman–Crippen MR) is 112 cm³/mol. The summed E-state index contributed by atoms with van der Waals surface area (Å²) in [6, 6.07) is 18.3. The molecule has 0 aromatic heterocycles. The van der Waals surface area contributed by atoms with E-state index in [9.17, 15) is 8.42 Å². The molecule has 3 heterocycles. The molecule has 27 heavy (non-hydrogen) atoms. The van der Waals surface area contributed by atoms with Gasteiger partial charge in [0.05, 0.1) is 10.3 Å². The van der Waals surface area contributed by atoms with Gasteiger partial charge in [0.25, 0.3) is 0 Å². The van der Waals surface area contributed by atoms with Crippen molar-refractivity contribution in [3.05, 3.63) is 64.6 Å². The lowest BCUT2D eigenvalue weighted by molar-refractivity contribution is 0.198. The summed E-state index contributed by atoms with van der Waals surface area (Å²) in [7, 11) is -3.40. The molecule has 0 radical (unpaired) electrons. The molecule has 0 saturated carbocycles. The molecule has 0 N–H and O–H groups in total. The van der Waals surface area contributed by atoms with E-state index in [0.717, 1.165) is 16.6 Å². The minimum atomic E-state index is -3.40. The Kier molecular flexibility index (Phi) is 4.64. The van der Waals surface area contributed by atoms with Crippen molar-refractivity contribution < 1.29 is 8.42 Å². The van der Waals surface area contributed by atoms with E-state index in [1.54, 1.807) is 28.6 Å². The van der Waals surface area contributed by atoms with Gasteiger partial charge in [0.2, 0.25) is 10.0 Å². The fraction of sp³-hybridized carbons (Fsp3) is 0.400. The molecule has 3 aliphatic rings. The zero-order chi connectivity index (χ0) is 18.6. The van der Waals surface area contributed by atoms with Gasteiger partial charge in [-0.15, -0.1) is 11.8 Å². The molecule has 2 aromatic rings. The number of hydrogen-bond donors (Lipinski definition) is 0. The number of thioether (sulfide) groups is 1. The maximum absolute atomic E-state index is 13.0. The highest BCUT2D eigenvalue weighted by Gasteiger charge is 2.53. The van der Waals surface area contributed by atoms with Gasteiger partial charge in [-0.2, -0.15) is 4.31 Å². The van der Waals surface area contributed by atoms with Crippen molar-refractivity contribution in [1.82, 2.24) is 9.21 Å². The van der Waals surface area contributed by atoms with E-state index in [-0.39, 0.29) is 0 Å². The van der Waals surface area contributed by atoms with Gasteiger partial charge < -0.3 is 0 Å². The van der Waals surface area contributed by atoms with Crippen molar-refractivity contribution >= 4 is 37.7 Å². The van der Waals surface area contributed by atoms with Crippen molar-refractivity contribution in [2.75, 3.05) is 18.8 Å². The van der Waals surface area contributed by atoms with Crippen molar-refractivity contribution in [3.8, 4) is 0 Å². The first-order valence-electron chi connectivity index (χ1n) is 9.24. The van der Waals surface area contributed by atoms with E-state index < -0.39 is 10.0 Å². The van der Waals surface area contributed by atoms with Crippen LogP contribution in [0.3, 0.4) is 0 Å². The monoisotopic (exact) mass is 464 g/mol. The first-order valence-corrected chi connectivity index (χ1v) is 12.5. The summed E-state index contributed by atoms with van der Waals surface area (Å²) in [6.07, 6.45) is 1.10. The molecule has 7 heteroatoms. The second kappa shape index (κ2) is 6.88. The Morgan fingerprint density at radius 3 is 2.48 bits per heavy atom. The van der Waals surface area contributed by atoms with Gasteiger partial charge in [0.1, 0.15) is 0 Å². The van der Waals surface area contributed by atoms with Crippen LogP contribution in [0.15, 0.2) is 64.0 Å². The average Bonchev–Trinajstić information content (AvgIpc) is 3.34. The van der Waals surface area contributed by atoms with Crippen LogP contribution in [0.25, 0.3) is 0 Å². The first kappa shape index (κ1) is 18.2. The lowest BCUT2D eigenvalue weighted by Crippen LogP contribution is -2.39. The van der Waals surface area contributed by atoms with Crippen LogP contribution < -0.4 is 0 Å². The van der Waals surface area contributed by atoms with E-state index in [2.05, 4.69) is 45.1 Å². The maximum Gasteiger partial charge on any atom is 0.243 e. The Bertz CT molecular complexity index is 936. The fourth-order valence-electron chi connectivity index (χ4n) is 4.77. The quantitative estimate of drug-likeness (QED) is 0.688. The molecule has 3 fully saturated rings. The normalized spacial score (nSPS) is 31.1. The minimum absolute atomic E-state index is 0.317. The van der Waals surface area contributed by atoms with Gasteiger partial charge >= 0.3 is 0 Å². The molecule has 4 nitrogen and oxygen atoms in total. The van der Waals surface area contributed by atoms with Gasteiger partial charge in [-0.05, 0) is 42.2 Å². The fourth-order valence-corrected chi connectivity index (χ4v) is 8.13. The molecule has 3 aliphatic heterocycles. The number of benzene rings is 2. The van der Waals surface area contributed by atoms with E-state index in [1.807, 2.05) is 17.8 Å². The highest BCUT2D eigenvalue weighted by Crippen LogP contribution is 2.51. The predicted octanol–water partition coefficient (Wildman–Crippen LogP) is 3.96. The molecule has 4 atom stereocenters. The zero-order valence-electron chi connectivity index (χ0n) is 14.7. The van der Waals surface area contributed by atoms with Crippen LogP contribution in [-0.4, -0.2) is 48.5 Å². The summed E-state index contributed by atoms with van der Waals surface area (Å²) in [5.74, 6) is 1.58. The Balaban J connectivity index is 1.40. The minimum Gasteiger partial charge on any atom is -0.279 e. The summed E-state index contributed by atoms with van der Waals surface area (Å²) in [5, 5.41) is 0.331. The van der Waals surface area contributed by atoms with Crippen LogP contribution in [0.1, 0.15) is 17.4 Å². The van der Waals surface area contributed by atoms with E-state index in [1.165, 1.54) is 5.56 Å². The molecule has 0 amide bonds. The zero-order valence-corrected chi connectivity index (χ0v) is 18.0. The topological polar surface area (TPSA) is 40.6 Å². The van der Waals surface area contributed by atoms with Gasteiger partial charge in [-0.3, -0.25) is 4.90 Å². The van der Waals surface area contributed by atoms with Gasteiger partial charge in [0, 0.05) is 35.4 Å². The lowest BCUT2D eigenvalue weighted by atomic mass is 10.0. The lowest BCUT2D eigenvalue weighted by Gasteiger charge is -2.30. The number of rotatable bonds is 3. The van der Waals surface area contributed by atoms with Gasteiger partial charge in [0.15, 0.2) is 0 Å². The molecule has 0 bridgehead atoms. The highest BCUT2D eigenvalue weighted by molar-refractivity contribution is 9.10. The number of hydrogen-bond acceptors (Lipinski definition) is 4. The largest absolute Gasteiger partial charge is 0.279 e. The molecule has 0 spiro atoms. The third kappa shape index (κ3) is 3.08. The van der Waals surface area contributed by atoms with Crippen molar-refractivity contribution in [2.24, 2.45) is 5.92 Å². The van der Waals surface area contributed by atoms with E-state index in [4.69, 9.17) is 0 Å². The molecule has 2 aromatic carbocycles. The summed E-state index contributed by atoms with van der Waals surface area (Å²) < 4.78 is 28.9. The molecule has 0 unspecified atom stereocenters. The second-order valence-corrected chi connectivity index (χ2v) is 11.5. The van der Waals surface area contributed by atoms with Gasteiger partial charge in [-0.1, -0.05) is 46.3 Å². The van der Waals surface area contributed by atoms with Crippen LogP contribution in [0.5, 0.6) is 0 Å². The van der Waals surface area contributed by atoms with Crippen LogP contribution >= 0.6 is 27.7 Å². The third-order valence-corrected chi connectivity index (χ3v) is 9.79. The molecule has 3 saturated heterocycles. The SMILES string of the molecule is O=S(=O)(c1ccccc1)N1C[C@H]2C[C@@H]3CS[C@@H](c4ccc(Br)cc4)N3[C@H]2C1. The standard InChI is InChI=1S/C20H21BrN2O2S2/c21-16-8-6-14(7-9-16)20-23-17(13-26-20)10-15-11-22(12-19(15)23)27(24,25)18-4-2-1-3-5-18/h1-9,15,17,19-20H,10-13H2/t15-,17-,19+,20+/m1/s1. The van der Waals surface area contributed by atoms with Crippen LogP contribution in [-0.2, 0) is 10.0 Å². The van der Waals surface area contributed by atoms with E-state index >= 15 is 0 Å². The van der Waals surface area contributed by atoms with Crippen molar-refractivity contribution in [3.63, 3.8) is 0 Å². The molecule has 0 aliphatic carbocycles. The van der Waals surface area contributed by atoms with E-state index in [0.29, 0.717) is 41.4 Å². The maximum atomic E-state index is 13.0. The average molecular weight is 465 g/mol. The second-order valence-electron chi connectivity index (χ2n) is 7.54. The van der Waals surface area contributed by atoms with Crippen LogP contribution in [0.4, 0.5) is 0 Å². The molecular formula is C20H21BrN2O2S2. The smallest absolute Gasteiger partial charge is 0.243 e. The Hall–Kier alpha value is -0.860. The Labute approximate surface area is 173 Å². The summed E-state index contributed by atoms with van der Waals surface area (Å²) in [6.45, 7) is 1.25. The van der Waals surface area contributed by atoms with Crippen molar-refractivity contribution in [2.45, 2.75) is 28.8 Å². The molecular weight excluding hydrogens is 444 g/mol. The third-order valence-electron chi connectivity index (χ3n) is 6.01. The molecule has 5 rings (SSSR count). The number of halogens is 1. The first-order chi connectivity index (χ1) is 13.0. The van der Waals surface area contributed by atoms with Crippen LogP contribution in [0.2, 0.25) is 0 Å².